The molecule has 280 valence electrons. The van der Waals surface area contributed by atoms with Gasteiger partial charge < -0.3 is 23.8 Å². The summed E-state index contributed by atoms with van der Waals surface area (Å²) < 4.78 is 34.6. The molecule has 1 amide bonds. The van der Waals surface area contributed by atoms with Crippen molar-refractivity contribution in [3.63, 3.8) is 0 Å². The van der Waals surface area contributed by atoms with Gasteiger partial charge in [0.1, 0.15) is 11.4 Å². The third kappa shape index (κ3) is 7.72. The molecule has 2 atom stereocenters. The second-order valence-corrected chi connectivity index (χ2v) is 20.8. The van der Waals surface area contributed by atoms with E-state index in [0.29, 0.717) is 49.1 Å². The van der Waals surface area contributed by atoms with Gasteiger partial charge in [-0.05, 0) is 57.6 Å². The number of hydrogen-bond donors (Lipinski definition) is 1. The Balaban J connectivity index is 1.23. The largest absolute Gasteiger partial charge is 0.598 e. The fourth-order valence-electron chi connectivity index (χ4n) is 7.76. The lowest BCUT2D eigenvalue weighted by atomic mass is 9.96. The van der Waals surface area contributed by atoms with E-state index in [0.717, 1.165) is 40.8 Å². The van der Waals surface area contributed by atoms with Crippen LogP contribution in [0.15, 0.2) is 115 Å². The molecular weight excluding hydrogens is 711 g/mol. The zero-order chi connectivity index (χ0) is 37.7. The van der Waals surface area contributed by atoms with Gasteiger partial charge >= 0.3 is 0 Å². The molecule has 1 N–H and O–H groups in total. The maximum atomic E-state index is 14.1. The molecule has 2 aliphatic rings. The lowest BCUT2D eigenvalue weighted by molar-refractivity contribution is 0.0945. The van der Waals surface area contributed by atoms with E-state index in [-0.39, 0.29) is 23.8 Å². The van der Waals surface area contributed by atoms with Gasteiger partial charge in [-0.15, -0.1) is 4.31 Å². The number of nitrogens with zero attached hydrogens (tertiary/aromatic N) is 2. The van der Waals surface area contributed by atoms with E-state index in [2.05, 4.69) is 98.0 Å². The summed E-state index contributed by atoms with van der Waals surface area (Å²) in [6, 6.07) is 38.7. The van der Waals surface area contributed by atoms with E-state index in [1.165, 1.54) is 10.4 Å². The Labute approximate surface area is 323 Å². The maximum Gasteiger partial charge on any atom is 0.270 e. The Kier molecular flexibility index (Phi) is 11.6. The van der Waals surface area contributed by atoms with Crippen LogP contribution in [0.3, 0.4) is 0 Å². The zero-order valence-corrected chi connectivity index (χ0v) is 33.4. The molecule has 0 saturated heterocycles. The van der Waals surface area contributed by atoms with E-state index in [1.54, 1.807) is 0 Å². The number of carbonyl (C=O) groups excluding carboxylic acids is 1. The number of hydrogen-bond acceptors (Lipinski definition) is 7. The van der Waals surface area contributed by atoms with E-state index in [1.807, 2.05) is 54.6 Å². The first-order chi connectivity index (χ1) is 26.2. The van der Waals surface area contributed by atoms with Crippen molar-refractivity contribution in [3.05, 3.63) is 138 Å². The van der Waals surface area contributed by atoms with Crippen molar-refractivity contribution in [3.8, 4) is 22.8 Å². The lowest BCUT2D eigenvalue weighted by Crippen LogP contribution is -2.66. The standard InChI is InChI=1S/C44H49N3O5SSi/c1-5-6-26-53(49)47-30-34-28-37(43(48)45-29-32-22-23-39-40(27-32)51-31-50-39)46-42(33-16-10-7-11-17-33)41(34)38(47)24-25-52-54(44(2,3)4,35-18-12-8-13-19-35)36-20-14-9-15-21-36/h7-23,27-28,38H,5-6,24-26,29-31H2,1-4H3,(H,45,48)/t38-,53-/m1/s1. The highest BCUT2D eigenvalue weighted by Gasteiger charge is 2.50. The molecule has 0 unspecified atom stereocenters. The second kappa shape index (κ2) is 16.5. The molecule has 7 rings (SSSR count). The number of rotatable bonds is 14. The Hall–Kier alpha value is -4.45. The molecule has 1 aromatic heterocycles. The number of benzene rings is 4. The highest BCUT2D eigenvalue weighted by molar-refractivity contribution is 7.89. The normalized spacial score (nSPS) is 15.9. The average Bonchev–Trinajstić information content (AvgIpc) is 3.82. The molecule has 0 saturated carbocycles. The Bertz CT molecular complexity index is 2010. The third-order valence-corrected chi connectivity index (χ3v) is 17.0. The minimum absolute atomic E-state index is 0.174. The van der Waals surface area contributed by atoms with Crippen LogP contribution in [-0.2, 0) is 28.9 Å². The van der Waals surface area contributed by atoms with Gasteiger partial charge in [-0.2, -0.15) is 0 Å². The number of fused-ring (bicyclic) bond motifs is 2. The highest BCUT2D eigenvalue weighted by Crippen LogP contribution is 2.44. The minimum Gasteiger partial charge on any atom is -0.598 e. The van der Waals surface area contributed by atoms with Crippen LogP contribution in [0.1, 0.15) is 80.2 Å². The van der Waals surface area contributed by atoms with E-state index in [9.17, 15) is 9.35 Å². The quantitative estimate of drug-likeness (QED) is 0.0917. The smallest absolute Gasteiger partial charge is 0.270 e. The van der Waals surface area contributed by atoms with Gasteiger partial charge in [0.05, 0.1) is 18.3 Å². The van der Waals surface area contributed by atoms with Gasteiger partial charge in [-0.25, -0.2) is 4.98 Å². The molecule has 3 heterocycles. The summed E-state index contributed by atoms with van der Waals surface area (Å²) in [6.45, 7) is 10.4. The molecule has 10 heteroatoms. The van der Waals surface area contributed by atoms with Crippen LogP contribution in [0.4, 0.5) is 0 Å². The number of nitrogens with one attached hydrogen (secondary N) is 1. The van der Waals surface area contributed by atoms with Gasteiger partial charge in [0.15, 0.2) is 11.5 Å². The average molecular weight is 760 g/mol. The SMILES string of the molecule is CCCC[S@@+]([O-])N1Cc2cc(C(=O)NCc3ccc4c(c3)OCO4)nc(-c3ccccc3)c2[C@H]1CCO[Si](c1ccccc1)(c1ccccc1)C(C)(C)C. The van der Waals surface area contributed by atoms with Crippen molar-refractivity contribution in [2.75, 3.05) is 19.2 Å². The lowest BCUT2D eigenvalue weighted by Gasteiger charge is -2.43. The third-order valence-electron chi connectivity index (χ3n) is 10.4. The monoisotopic (exact) mass is 759 g/mol. The summed E-state index contributed by atoms with van der Waals surface area (Å²) in [7, 11) is -2.81. The second-order valence-electron chi connectivity index (χ2n) is 14.9. The van der Waals surface area contributed by atoms with Crippen molar-refractivity contribution in [2.45, 2.75) is 71.1 Å². The fourth-order valence-corrected chi connectivity index (χ4v) is 13.9. The number of amides is 1. The molecule has 0 spiro atoms. The van der Waals surface area contributed by atoms with Crippen LogP contribution >= 0.6 is 0 Å². The van der Waals surface area contributed by atoms with Crippen molar-refractivity contribution in [1.29, 1.82) is 0 Å². The number of unbranched alkanes of at least 4 members (excludes halogenated alkanes) is 1. The molecule has 54 heavy (non-hydrogen) atoms. The van der Waals surface area contributed by atoms with Gasteiger partial charge in [-0.3, -0.25) is 4.79 Å². The molecule has 0 fully saturated rings. The van der Waals surface area contributed by atoms with Crippen molar-refractivity contribution < 1.29 is 23.2 Å². The zero-order valence-electron chi connectivity index (χ0n) is 31.5. The molecule has 0 radical (unpaired) electrons. The predicted molar refractivity (Wildman–Crippen MR) is 218 cm³/mol. The van der Waals surface area contributed by atoms with Gasteiger partial charge in [0.2, 0.25) is 6.79 Å². The summed E-state index contributed by atoms with van der Waals surface area (Å²) in [4.78, 5) is 18.9. The maximum absolute atomic E-state index is 14.1. The Morgan fingerprint density at radius 2 is 1.57 bits per heavy atom. The predicted octanol–water partition coefficient (Wildman–Crippen LogP) is 7.69. The Morgan fingerprint density at radius 3 is 2.22 bits per heavy atom. The van der Waals surface area contributed by atoms with Crippen LogP contribution in [0.2, 0.25) is 5.04 Å². The van der Waals surface area contributed by atoms with Crippen LogP contribution in [-0.4, -0.2) is 47.2 Å². The van der Waals surface area contributed by atoms with Gasteiger partial charge in [0.25, 0.3) is 14.2 Å². The first-order valence-electron chi connectivity index (χ1n) is 18.9. The van der Waals surface area contributed by atoms with Crippen LogP contribution in [0.25, 0.3) is 11.3 Å². The van der Waals surface area contributed by atoms with Crippen molar-refractivity contribution >= 4 is 36.0 Å². The first-order valence-corrected chi connectivity index (χ1v) is 22.0. The van der Waals surface area contributed by atoms with Crippen LogP contribution in [0, 0.1) is 0 Å². The molecule has 4 aromatic carbocycles. The van der Waals surface area contributed by atoms with E-state index in [4.69, 9.17) is 18.9 Å². The van der Waals surface area contributed by atoms with Crippen molar-refractivity contribution in [1.82, 2.24) is 14.6 Å². The van der Waals surface area contributed by atoms with Crippen molar-refractivity contribution in [2.24, 2.45) is 0 Å². The number of carbonyl (C=O) groups is 1. The molecular formula is C44H49N3O5SSi. The van der Waals surface area contributed by atoms with E-state index >= 15 is 0 Å². The van der Waals surface area contributed by atoms with Gasteiger partial charge in [-0.1, -0.05) is 131 Å². The highest BCUT2D eigenvalue weighted by atomic mass is 32.2. The summed E-state index contributed by atoms with van der Waals surface area (Å²) in [6.07, 6.45) is 2.44. The van der Waals surface area contributed by atoms with Crippen LogP contribution in [0.5, 0.6) is 11.5 Å². The summed E-state index contributed by atoms with van der Waals surface area (Å²) >= 11 is -1.24. The van der Waals surface area contributed by atoms with Crippen LogP contribution < -0.4 is 25.2 Å². The summed E-state index contributed by atoms with van der Waals surface area (Å²) in [5, 5.41) is 5.33. The number of aromatic nitrogens is 1. The number of pyridine rings is 1. The fraction of sp³-hybridized carbons (Fsp3) is 0.318. The summed E-state index contributed by atoms with van der Waals surface area (Å²) in [5.41, 5.74) is 4.87. The molecule has 0 bridgehead atoms. The topological polar surface area (TPSA) is 96.0 Å². The Morgan fingerprint density at radius 1 is 0.926 bits per heavy atom. The molecule has 8 nitrogen and oxygen atoms in total. The van der Waals surface area contributed by atoms with Gasteiger partial charge in [0, 0.05) is 35.6 Å². The first kappa shape index (κ1) is 37.8. The minimum atomic E-state index is -2.81. The summed E-state index contributed by atoms with van der Waals surface area (Å²) in [5.74, 6) is 1.67. The molecule has 5 aromatic rings. The number of ether oxygens (including phenoxy) is 2. The van der Waals surface area contributed by atoms with E-state index < -0.39 is 19.7 Å². The molecule has 2 aliphatic heterocycles. The molecule has 0 aliphatic carbocycles.